The summed E-state index contributed by atoms with van der Waals surface area (Å²) in [5.74, 6) is 1.85. The molecule has 4 heteroatoms. The van der Waals surface area contributed by atoms with Crippen LogP contribution in [-0.2, 0) is 6.54 Å². The van der Waals surface area contributed by atoms with Crippen molar-refractivity contribution >= 4 is 5.82 Å². The first-order valence-electron chi connectivity index (χ1n) is 7.37. The molecule has 0 spiro atoms. The summed E-state index contributed by atoms with van der Waals surface area (Å²) in [7, 11) is 0. The Morgan fingerprint density at radius 3 is 2.68 bits per heavy atom. The Kier molecular flexibility index (Phi) is 4.75. The standard InChI is InChI=1S/C15H26N4/c1-11(2)16-8-14-9-18-15(10-17-14)19-6-5-12(3)7-13(19)4/h9-13,16H,5-8H2,1-4H3. The molecule has 0 radical (unpaired) electrons. The Bertz CT molecular complexity index is 388. The fourth-order valence-corrected chi connectivity index (χ4v) is 2.64. The molecule has 1 aliphatic heterocycles. The van der Waals surface area contributed by atoms with Crippen LogP contribution in [0.5, 0.6) is 0 Å². The molecule has 0 aliphatic carbocycles. The Hall–Kier alpha value is -1.16. The Balaban J connectivity index is 1.98. The molecule has 1 aromatic heterocycles. The SMILES string of the molecule is CC1CCN(c2cnc(CNC(C)C)cn2)C(C)C1. The summed E-state index contributed by atoms with van der Waals surface area (Å²) in [6.07, 6.45) is 6.32. The second-order valence-corrected chi connectivity index (χ2v) is 6.07. The number of hydrogen-bond donors (Lipinski definition) is 1. The normalized spacial score (nSPS) is 23.9. The number of piperidine rings is 1. The Labute approximate surface area is 116 Å². The second kappa shape index (κ2) is 6.33. The van der Waals surface area contributed by atoms with Crippen LogP contribution in [0.15, 0.2) is 12.4 Å². The fourth-order valence-electron chi connectivity index (χ4n) is 2.64. The van der Waals surface area contributed by atoms with Crippen molar-refractivity contribution in [2.45, 2.75) is 59.2 Å². The summed E-state index contributed by atoms with van der Waals surface area (Å²) in [6, 6.07) is 1.04. The van der Waals surface area contributed by atoms with E-state index >= 15 is 0 Å². The second-order valence-electron chi connectivity index (χ2n) is 6.07. The monoisotopic (exact) mass is 262 g/mol. The fraction of sp³-hybridized carbons (Fsp3) is 0.733. The number of nitrogens with zero attached hydrogens (tertiary/aromatic N) is 3. The van der Waals surface area contributed by atoms with Crippen molar-refractivity contribution in [3.05, 3.63) is 18.1 Å². The van der Waals surface area contributed by atoms with E-state index in [4.69, 9.17) is 0 Å². The van der Waals surface area contributed by atoms with Crippen LogP contribution in [0.4, 0.5) is 5.82 Å². The topological polar surface area (TPSA) is 41.1 Å². The van der Waals surface area contributed by atoms with Crippen LogP contribution in [0, 0.1) is 5.92 Å². The lowest BCUT2D eigenvalue weighted by atomic mass is 9.93. The lowest BCUT2D eigenvalue weighted by Crippen LogP contribution is -2.40. The maximum absolute atomic E-state index is 4.58. The number of anilines is 1. The molecule has 0 saturated carbocycles. The van der Waals surface area contributed by atoms with E-state index < -0.39 is 0 Å². The smallest absolute Gasteiger partial charge is 0.147 e. The van der Waals surface area contributed by atoms with E-state index in [1.165, 1.54) is 12.8 Å². The van der Waals surface area contributed by atoms with Gasteiger partial charge < -0.3 is 10.2 Å². The summed E-state index contributed by atoms with van der Waals surface area (Å²) in [4.78, 5) is 11.5. The number of aromatic nitrogens is 2. The van der Waals surface area contributed by atoms with Crippen LogP contribution in [0.1, 0.15) is 46.2 Å². The third-order valence-electron chi connectivity index (χ3n) is 3.82. The third kappa shape index (κ3) is 3.90. The van der Waals surface area contributed by atoms with E-state index in [0.717, 1.165) is 30.5 Å². The highest BCUT2D eigenvalue weighted by atomic mass is 15.2. The Morgan fingerprint density at radius 1 is 1.32 bits per heavy atom. The quantitative estimate of drug-likeness (QED) is 0.905. The minimum Gasteiger partial charge on any atom is -0.353 e. The van der Waals surface area contributed by atoms with Crippen molar-refractivity contribution in [3.63, 3.8) is 0 Å². The molecule has 2 heterocycles. The molecule has 2 unspecified atom stereocenters. The first kappa shape index (κ1) is 14.3. The zero-order valence-corrected chi connectivity index (χ0v) is 12.6. The van der Waals surface area contributed by atoms with Crippen molar-refractivity contribution < 1.29 is 0 Å². The molecular weight excluding hydrogens is 236 g/mol. The van der Waals surface area contributed by atoms with Gasteiger partial charge in [-0.1, -0.05) is 20.8 Å². The van der Waals surface area contributed by atoms with Gasteiger partial charge in [-0.3, -0.25) is 4.98 Å². The first-order valence-corrected chi connectivity index (χ1v) is 7.37. The third-order valence-corrected chi connectivity index (χ3v) is 3.82. The van der Waals surface area contributed by atoms with E-state index in [2.05, 4.69) is 47.9 Å². The van der Waals surface area contributed by atoms with Crippen LogP contribution in [0.25, 0.3) is 0 Å². The van der Waals surface area contributed by atoms with Crippen molar-refractivity contribution in [1.29, 1.82) is 0 Å². The molecule has 19 heavy (non-hydrogen) atoms. The van der Waals surface area contributed by atoms with Crippen molar-refractivity contribution in [3.8, 4) is 0 Å². The van der Waals surface area contributed by atoms with Crippen LogP contribution in [0.3, 0.4) is 0 Å². The highest BCUT2D eigenvalue weighted by Gasteiger charge is 2.23. The first-order chi connectivity index (χ1) is 9.06. The Morgan fingerprint density at radius 2 is 2.11 bits per heavy atom. The molecule has 2 rings (SSSR count). The predicted molar refractivity (Wildman–Crippen MR) is 79.2 cm³/mol. The van der Waals surface area contributed by atoms with Crippen LogP contribution in [-0.4, -0.2) is 28.6 Å². The van der Waals surface area contributed by atoms with Gasteiger partial charge in [0.2, 0.25) is 0 Å². The zero-order valence-electron chi connectivity index (χ0n) is 12.6. The molecule has 2 atom stereocenters. The van der Waals surface area contributed by atoms with Crippen molar-refractivity contribution in [2.24, 2.45) is 5.92 Å². The molecular formula is C15H26N4. The van der Waals surface area contributed by atoms with E-state index in [0.29, 0.717) is 12.1 Å². The zero-order chi connectivity index (χ0) is 13.8. The lowest BCUT2D eigenvalue weighted by molar-refractivity contribution is 0.375. The van der Waals surface area contributed by atoms with Crippen LogP contribution >= 0.6 is 0 Å². The van der Waals surface area contributed by atoms with Gasteiger partial charge in [-0.05, 0) is 25.7 Å². The number of hydrogen-bond acceptors (Lipinski definition) is 4. The van der Waals surface area contributed by atoms with Gasteiger partial charge in [0, 0.05) is 25.2 Å². The van der Waals surface area contributed by atoms with Crippen molar-refractivity contribution in [1.82, 2.24) is 15.3 Å². The molecule has 0 bridgehead atoms. The van der Waals surface area contributed by atoms with Gasteiger partial charge in [-0.25, -0.2) is 4.98 Å². The molecule has 1 aromatic rings. The van der Waals surface area contributed by atoms with Crippen LogP contribution < -0.4 is 10.2 Å². The summed E-state index contributed by atoms with van der Waals surface area (Å²) in [5.41, 5.74) is 1.01. The van der Waals surface area contributed by atoms with Gasteiger partial charge in [-0.15, -0.1) is 0 Å². The number of rotatable bonds is 4. The molecule has 1 saturated heterocycles. The van der Waals surface area contributed by atoms with E-state index in [9.17, 15) is 0 Å². The minimum atomic E-state index is 0.477. The van der Waals surface area contributed by atoms with Gasteiger partial charge >= 0.3 is 0 Å². The summed E-state index contributed by atoms with van der Waals surface area (Å²) in [5, 5.41) is 3.36. The van der Waals surface area contributed by atoms with Gasteiger partial charge in [0.25, 0.3) is 0 Å². The van der Waals surface area contributed by atoms with Crippen molar-refractivity contribution in [2.75, 3.05) is 11.4 Å². The van der Waals surface area contributed by atoms with E-state index in [1.54, 1.807) is 0 Å². The molecule has 106 valence electrons. The summed E-state index contributed by atoms with van der Waals surface area (Å²) < 4.78 is 0. The summed E-state index contributed by atoms with van der Waals surface area (Å²) >= 11 is 0. The maximum atomic E-state index is 4.58. The van der Waals surface area contributed by atoms with E-state index in [1.807, 2.05) is 12.4 Å². The summed E-state index contributed by atoms with van der Waals surface area (Å²) in [6.45, 7) is 10.8. The lowest BCUT2D eigenvalue weighted by Gasteiger charge is -2.37. The van der Waals surface area contributed by atoms with Gasteiger partial charge in [0.05, 0.1) is 18.1 Å². The molecule has 1 aliphatic rings. The molecule has 0 amide bonds. The maximum Gasteiger partial charge on any atom is 0.147 e. The van der Waals surface area contributed by atoms with Gasteiger partial charge in [-0.2, -0.15) is 0 Å². The largest absolute Gasteiger partial charge is 0.353 e. The van der Waals surface area contributed by atoms with Gasteiger partial charge in [0.15, 0.2) is 0 Å². The molecule has 4 nitrogen and oxygen atoms in total. The molecule has 0 aromatic carbocycles. The average Bonchev–Trinajstić information content (AvgIpc) is 2.37. The predicted octanol–water partition coefficient (Wildman–Crippen LogP) is 2.60. The highest BCUT2D eigenvalue weighted by Crippen LogP contribution is 2.25. The minimum absolute atomic E-state index is 0.477. The number of nitrogens with one attached hydrogen (secondary N) is 1. The average molecular weight is 262 g/mol. The molecule has 1 fully saturated rings. The highest BCUT2D eigenvalue weighted by molar-refractivity contribution is 5.37. The van der Waals surface area contributed by atoms with Gasteiger partial charge in [0.1, 0.15) is 5.82 Å². The van der Waals surface area contributed by atoms with E-state index in [-0.39, 0.29) is 0 Å². The van der Waals surface area contributed by atoms with Crippen LogP contribution in [0.2, 0.25) is 0 Å². The molecule has 1 N–H and O–H groups in total.